The molecule has 0 bridgehead atoms. The number of hydrogen-bond donors (Lipinski definition) is 1. The van der Waals surface area contributed by atoms with E-state index in [1.54, 1.807) is 30.6 Å². The Bertz CT molecular complexity index is 754. The van der Waals surface area contributed by atoms with Crippen LogP contribution in [-0.4, -0.2) is 61.6 Å². The van der Waals surface area contributed by atoms with E-state index in [1.165, 1.54) is 10.9 Å². The highest BCUT2D eigenvalue weighted by atomic mass is 35.5. The number of nitrogens with two attached hydrogens (primary N) is 1. The number of carbonyl (C=O) groups excluding carboxylic acids is 1. The van der Waals surface area contributed by atoms with Crippen LogP contribution in [0.3, 0.4) is 0 Å². The van der Waals surface area contributed by atoms with Crippen molar-refractivity contribution in [3.63, 3.8) is 0 Å². The Kier molecular flexibility index (Phi) is 10.4. The minimum absolute atomic E-state index is 0. The number of thiophene rings is 1. The third-order valence-corrected chi connectivity index (χ3v) is 5.62. The van der Waals surface area contributed by atoms with E-state index in [0.29, 0.717) is 13.1 Å². The standard InChI is InChI=1S/C19H24FN3O2S.2ClH/c1-25-13-17(21)19(24)23-9-7-22(8-10-23)12-16-5-6-18(26-16)14-3-2-4-15(20)11-14;;/h2-6,11,17H,7-10,12-13,21H2,1H3;2*1H. The Morgan fingerprint density at radius 1 is 1.21 bits per heavy atom. The van der Waals surface area contributed by atoms with Gasteiger partial charge in [0.1, 0.15) is 11.9 Å². The van der Waals surface area contributed by atoms with Crippen molar-refractivity contribution in [1.29, 1.82) is 0 Å². The van der Waals surface area contributed by atoms with E-state index in [9.17, 15) is 9.18 Å². The van der Waals surface area contributed by atoms with Gasteiger partial charge in [-0.2, -0.15) is 0 Å². The molecule has 1 fully saturated rings. The van der Waals surface area contributed by atoms with E-state index in [0.717, 1.165) is 30.1 Å². The summed E-state index contributed by atoms with van der Waals surface area (Å²) in [6.07, 6.45) is 0. The number of methoxy groups -OCH3 is 1. The van der Waals surface area contributed by atoms with Crippen molar-refractivity contribution in [2.45, 2.75) is 12.6 Å². The van der Waals surface area contributed by atoms with Crippen LogP contribution in [-0.2, 0) is 16.1 Å². The third kappa shape index (κ3) is 6.40. The lowest BCUT2D eigenvalue weighted by atomic mass is 10.2. The molecule has 156 valence electrons. The average Bonchev–Trinajstić information content (AvgIpc) is 3.10. The van der Waals surface area contributed by atoms with E-state index < -0.39 is 6.04 Å². The summed E-state index contributed by atoms with van der Waals surface area (Å²) in [6, 6.07) is 10.2. The molecule has 1 aromatic carbocycles. The lowest BCUT2D eigenvalue weighted by Gasteiger charge is -2.35. The topological polar surface area (TPSA) is 58.8 Å². The maximum atomic E-state index is 13.4. The minimum atomic E-state index is -0.585. The summed E-state index contributed by atoms with van der Waals surface area (Å²) in [7, 11) is 1.55. The Labute approximate surface area is 181 Å². The molecular formula is C19H26Cl2FN3O2S. The third-order valence-electron chi connectivity index (χ3n) is 4.50. The normalized spacial score (nSPS) is 15.5. The molecule has 2 N–H and O–H groups in total. The molecule has 3 rings (SSSR count). The predicted octanol–water partition coefficient (Wildman–Crippen LogP) is 3.02. The molecular weight excluding hydrogens is 424 g/mol. The number of nitrogens with zero attached hydrogens (tertiary/aromatic N) is 2. The molecule has 1 atom stereocenters. The maximum Gasteiger partial charge on any atom is 0.241 e. The highest BCUT2D eigenvalue weighted by Gasteiger charge is 2.25. The van der Waals surface area contributed by atoms with Crippen LogP contribution in [0, 0.1) is 5.82 Å². The highest BCUT2D eigenvalue weighted by molar-refractivity contribution is 7.15. The maximum absolute atomic E-state index is 13.4. The molecule has 1 aliphatic heterocycles. The summed E-state index contributed by atoms with van der Waals surface area (Å²) in [5.74, 6) is -0.263. The fourth-order valence-electron chi connectivity index (χ4n) is 3.09. The van der Waals surface area contributed by atoms with Gasteiger partial charge in [0.15, 0.2) is 0 Å². The molecule has 0 spiro atoms. The molecule has 1 unspecified atom stereocenters. The fraction of sp³-hybridized carbons (Fsp3) is 0.421. The number of rotatable bonds is 6. The quantitative estimate of drug-likeness (QED) is 0.735. The van der Waals surface area contributed by atoms with Gasteiger partial charge in [-0.15, -0.1) is 36.2 Å². The summed E-state index contributed by atoms with van der Waals surface area (Å²) in [5.41, 5.74) is 6.74. The number of piperazine rings is 1. The molecule has 1 aromatic heterocycles. The molecule has 9 heteroatoms. The van der Waals surface area contributed by atoms with Crippen LogP contribution in [0.5, 0.6) is 0 Å². The number of hydrogen-bond acceptors (Lipinski definition) is 5. The van der Waals surface area contributed by atoms with Gasteiger partial charge in [0.25, 0.3) is 0 Å². The van der Waals surface area contributed by atoms with Crippen molar-refractivity contribution < 1.29 is 13.9 Å². The summed E-state index contributed by atoms with van der Waals surface area (Å²) in [6.45, 7) is 4.08. The van der Waals surface area contributed by atoms with Gasteiger partial charge in [-0.05, 0) is 29.8 Å². The highest BCUT2D eigenvalue weighted by Crippen LogP contribution is 2.29. The summed E-state index contributed by atoms with van der Waals surface area (Å²) >= 11 is 1.68. The fourth-order valence-corrected chi connectivity index (χ4v) is 4.14. The van der Waals surface area contributed by atoms with Gasteiger partial charge in [0.05, 0.1) is 6.61 Å². The Hall–Kier alpha value is -1.22. The van der Waals surface area contributed by atoms with Gasteiger partial charge in [0, 0.05) is 49.6 Å². The molecule has 28 heavy (non-hydrogen) atoms. The number of halogens is 3. The van der Waals surface area contributed by atoms with E-state index in [1.807, 2.05) is 17.0 Å². The largest absolute Gasteiger partial charge is 0.383 e. The second kappa shape index (κ2) is 11.7. The molecule has 0 saturated carbocycles. The van der Waals surface area contributed by atoms with Crippen LogP contribution in [0.4, 0.5) is 4.39 Å². The van der Waals surface area contributed by atoms with Crippen LogP contribution in [0.1, 0.15) is 4.88 Å². The zero-order valence-electron chi connectivity index (χ0n) is 15.7. The molecule has 1 aliphatic rings. The Morgan fingerprint density at radius 3 is 2.57 bits per heavy atom. The zero-order chi connectivity index (χ0) is 18.5. The molecule has 1 amide bonds. The van der Waals surface area contributed by atoms with Gasteiger partial charge < -0.3 is 15.4 Å². The number of carbonyl (C=O) groups is 1. The number of benzene rings is 1. The van der Waals surface area contributed by atoms with Crippen molar-refractivity contribution in [2.75, 3.05) is 39.9 Å². The number of ether oxygens (including phenoxy) is 1. The smallest absolute Gasteiger partial charge is 0.241 e. The predicted molar refractivity (Wildman–Crippen MR) is 116 cm³/mol. The molecule has 0 aliphatic carbocycles. The second-order valence-electron chi connectivity index (χ2n) is 6.44. The molecule has 5 nitrogen and oxygen atoms in total. The zero-order valence-corrected chi connectivity index (χ0v) is 18.1. The number of amides is 1. The van der Waals surface area contributed by atoms with E-state index >= 15 is 0 Å². The molecule has 0 radical (unpaired) electrons. The molecule has 2 aromatic rings. The Morgan fingerprint density at radius 2 is 1.93 bits per heavy atom. The summed E-state index contributed by atoms with van der Waals surface area (Å²) in [5, 5.41) is 0. The lowest BCUT2D eigenvalue weighted by molar-refractivity contribution is -0.135. The average molecular weight is 450 g/mol. The molecule has 2 heterocycles. The van der Waals surface area contributed by atoms with Crippen molar-refractivity contribution in [2.24, 2.45) is 5.73 Å². The first-order chi connectivity index (χ1) is 12.6. The molecule has 1 saturated heterocycles. The van der Waals surface area contributed by atoms with Gasteiger partial charge in [0.2, 0.25) is 5.91 Å². The first kappa shape index (κ1) is 24.8. The van der Waals surface area contributed by atoms with E-state index in [2.05, 4.69) is 11.0 Å². The van der Waals surface area contributed by atoms with Crippen molar-refractivity contribution in [3.05, 3.63) is 47.1 Å². The Balaban J connectivity index is 0.00000196. The van der Waals surface area contributed by atoms with Crippen LogP contribution in [0.25, 0.3) is 10.4 Å². The van der Waals surface area contributed by atoms with Crippen LogP contribution < -0.4 is 5.73 Å². The van der Waals surface area contributed by atoms with E-state index in [4.69, 9.17) is 10.5 Å². The van der Waals surface area contributed by atoms with Gasteiger partial charge in [-0.1, -0.05) is 12.1 Å². The first-order valence-corrected chi connectivity index (χ1v) is 9.49. The first-order valence-electron chi connectivity index (χ1n) is 8.67. The van der Waals surface area contributed by atoms with Crippen LogP contribution >= 0.6 is 36.2 Å². The lowest BCUT2D eigenvalue weighted by Crippen LogP contribution is -2.53. The van der Waals surface area contributed by atoms with Crippen molar-refractivity contribution in [1.82, 2.24) is 9.80 Å². The SMILES string of the molecule is COCC(N)C(=O)N1CCN(Cc2ccc(-c3cccc(F)c3)s2)CC1.Cl.Cl. The van der Waals surface area contributed by atoms with Gasteiger partial charge >= 0.3 is 0 Å². The van der Waals surface area contributed by atoms with Crippen LogP contribution in [0.15, 0.2) is 36.4 Å². The summed E-state index contributed by atoms with van der Waals surface area (Å²) < 4.78 is 18.3. The van der Waals surface area contributed by atoms with E-state index in [-0.39, 0.29) is 43.1 Å². The van der Waals surface area contributed by atoms with Gasteiger partial charge in [-0.3, -0.25) is 9.69 Å². The van der Waals surface area contributed by atoms with Crippen molar-refractivity contribution in [3.8, 4) is 10.4 Å². The summed E-state index contributed by atoms with van der Waals surface area (Å²) in [4.78, 5) is 18.7. The minimum Gasteiger partial charge on any atom is -0.383 e. The van der Waals surface area contributed by atoms with Crippen LogP contribution in [0.2, 0.25) is 0 Å². The monoisotopic (exact) mass is 449 g/mol. The second-order valence-corrected chi connectivity index (χ2v) is 7.61. The van der Waals surface area contributed by atoms with Gasteiger partial charge in [-0.25, -0.2) is 4.39 Å². The van der Waals surface area contributed by atoms with Crippen molar-refractivity contribution >= 4 is 42.1 Å².